The number of aromatic nitrogens is 2. The van der Waals surface area contributed by atoms with Gasteiger partial charge in [-0.05, 0) is 50.2 Å². The molecular weight excluding hydrogens is 396 g/mol. The van der Waals surface area contributed by atoms with Gasteiger partial charge in [0, 0.05) is 22.4 Å². The molecule has 158 valence electrons. The molecule has 8 heteroatoms. The minimum atomic E-state index is -0.810. The van der Waals surface area contributed by atoms with Gasteiger partial charge in [-0.3, -0.25) is 14.4 Å². The van der Waals surface area contributed by atoms with E-state index in [-0.39, 0.29) is 24.0 Å². The van der Waals surface area contributed by atoms with E-state index in [1.165, 1.54) is 6.92 Å². The van der Waals surface area contributed by atoms with E-state index in [1.807, 2.05) is 31.2 Å². The molecule has 1 atom stereocenters. The predicted octanol–water partition coefficient (Wildman–Crippen LogP) is 3.59. The van der Waals surface area contributed by atoms with Gasteiger partial charge in [0.25, 0.3) is 0 Å². The largest absolute Gasteiger partial charge is 0.497 e. The fraction of sp³-hybridized carbons (Fsp3) is 0.217. The van der Waals surface area contributed by atoms with Crippen LogP contribution in [0.3, 0.4) is 0 Å². The molecule has 0 saturated carbocycles. The van der Waals surface area contributed by atoms with Crippen LogP contribution in [0.4, 0.5) is 11.5 Å². The number of rotatable bonds is 5. The van der Waals surface area contributed by atoms with Crippen molar-refractivity contribution in [3.63, 3.8) is 0 Å². The maximum Gasteiger partial charge on any atom is 0.249 e. The summed E-state index contributed by atoms with van der Waals surface area (Å²) in [6.45, 7) is 3.32. The number of anilines is 2. The molecule has 31 heavy (non-hydrogen) atoms. The molecule has 2 amide bonds. The van der Waals surface area contributed by atoms with Crippen LogP contribution >= 0.6 is 0 Å². The lowest BCUT2D eigenvalue weighted by Crippen LogP contribution is -2.36. The third-order valence-electron chi connectivity index (χ3n) is 5.28. The number of ether oxygens (including phenoxy) is 1. The quantitative estimate of drug-likeness (QED) is 0.617. The zero-order valence-corrected chi connectivity index (χ0v) is 17.4. The summed E-state index contributed by atoms with van der Waals surface area (Å²) in [7, 11) is 1.60. The molecule has 4 rings (SSSR count). The predicted molar refractivity (Wildman–Crippen MR) is 116 cm³/mol. The zero-order chi connectivity index (χ0) is 22.1. The van der Waals surface area contributed by atoms with Gasteiger partial charge in [-0.25, -0.2) is 4.68 Å². The molecule has 1 aliphatic rings. The van der Waals surface area contributed by atoms with Gasteiger partial charge in [0.1, 0.15) is 17.6 Å². The number of nitrogens with one attached hydrogen (secondary N) is 2. The van der Waals surface area contributed by atoms with E-state index in [0.29, 0.717) is 22.8 Å². The smallest absolute Gasteiger partial charge is 0.249 e. The molecule has 0 bridgehead atoms. The van der Waals surface area contributed by atoms with Gasteiger partial charge in [0.15, 0.2) is 5.78 Å². The lowest BCUT2D eigenvalue weighted by atomic mass is 10.1. The van der Waals surface area contributed by atoms with E-state index in [2.05, 4.69) is 15.7 Å². The second-order valence-corrected chi connectivity index (χ2v) is 7.39. The Balaban J connectivity index is 1.66. The van der Waals surface area contributed by atoms with Gasteiger partial charge >= 0.3 is 0 Å². The molecule has 3 aromatic rings. The highest BCUT2D eigenvalue weighted by Gasteiger charge is 2.34. The van der Waals surface area contributed by atoms with Crippen molar-refractivity contribution in [3.05, 3.63) is 59.7 Å². The van der Waals surface area contributed by atoms with Gasteiger partial charge in [-0.15, -0.1) is 0 Å². The van der Waals surface area contributed by atoms with Crippen molar-refractivity contribution < 1.29 is 19.1 Å². The Morgan fingerprint density at radius 1 is 1.19 bits per heavy atom. The molecule has 0 spiro atoms. The average Bonchev–Trinajstić information content (AvgIpc) is 3.09. The second-order valence-electron chi connectivity index (χ2n) is 7.39. The van der Waals surface area contributed by atoms with Crippen molar-refractivity contribution in [1.82, 2.24) is 9.78 Å². The van der Waals surface area contributed by atoms with E-state index in [1.54, 1.807) is 36.1 Å². The number of hydrogen-bond donors (Lipinski definition) is 2. The molecular formula is C23H22N4O4. The standard InChI is InChI=1S/C23H22N4O4/c1-13-21(15-7-9-18(31-3)10-8-15)26-27-19(12-20(29)25-22(13)27)23(30)24-17-6-4-5-16(11-17)14(2)28/h4-11,19H,12H2,1-3H3,(H,24,30)(H,25,29)/t19-/m0/s1. The second kappa shape index (κ2) is 8.06. The minimum absolute atomic E-state index is 0.0333. The van der Waals surface area contributed by atoms with E-state index < -0.39 is 6.04 Å². The number of hydrogen-bond acceptors (Lipinski definition) is 5. The Morgan fingerprint density at radius 2 is 1.94 bits per heavy atom. The Kier molecular flexibility index (Phi) is 5.29. The first-order valence-electron chi connectivity index (χ1n) is 9.82. The first-order valence-corrected chi connectivity index (χ1v) is 9.82. The normalized spacial score (nSPS) is 15.1. The highest BCUT2D eigenvalue weighted by Crippen LogP contribution is 2.35. The van der Waals surface area contributed by atoms with Crippen LogP contribution in [0.25, 0.3) is 11.3 Å². The van der Waals surface area contributed by atoms with Crippen molar-refractivity contribution in [3.8, 4) is 17.0 Å². The van der Waals surface area contributed by atoms with Gasteiger partial charge < -0.3 is 15.4 Å². The van der Waals surface area contributed by atoms with Gasteiger partial charge in [-0.2, -0.15) is 5.10 Å². The van der Waals surface area contributed by atoms with E-state index in [4.69, 9.17) is 4.74 Å². The van der Waals surface area contributed by atoms with Crippen LogP contribution in [0.2, 0.25) is 0 Å². The molecule has 1 aromatic heterocycles. The summed E-state index contributed by atoms with van der Waals surface area (Å²) in [4.78, 5) is 37.0. The van der Waals surface area contributed by atoms with Crippen LogP contribution in [0, 0.1) is 6.92 Å². The number of fused-ring (bicyclic) bond motifs is 1. The van der Waals surface area contributed by atoms with Crippen molar-refractivity contribution in [2.75, 3.05) is 17.7 Å². The maximum absolute atomic E-state index is 13.0. The molecule has 0 unspecified atom stereocenters. The Bertz CT molecular complexity index is 1180. The summed E-state index contributed by atoms with van der Waals surface area (Å²) in [6, 6.07) is 13.3. The van der Waals surface area contributed by atoms with Crippen LogP contribution in [-0.2, 0) is 9.59 Å². The third-order valence-corrected chi connectivity index (χ3v) is 5.28. The summed E-state index contributed by atoms with van der Waals surface area (Å²) in [5.41, 5.74) is 3.29. The van der Waals surface area contributed by atoms with Crippen LogP contribution in [0.1, 0.15) is 35.3 Å². The highest BCUT2D eigenvalue weighted by atomic mass is 16.5. The van der Waals surface area contributed by atoms with Crippen molar-refractivity contribution >= 4 is 29.1 Å². The number of methoxy groups -OCH3 is 1. The van der Waals surface area contributed by atoms with Crippen LogP contribution in [0.5, 0.6) is 5.75 Å². The molecule has 2 aromatic carbocycles. The number of carbonyl (C=O) groups excluding carboxylic acids is 3. The van der Waals surface area contributed by atoms with Crippen molar-refractivity contribution in [2.45, 2.75) is 26.3 Å². The summed E-state index contributed by atoms with van der Waals surface area (Å²) in [5.74, 6) is 0.501. The number of Topliss-reactive ketones (excluding diaryl/α,β-unsaturated/α-hetero) is 1. The number of benzene rings is 2. The lowest BCUT2D eigenvalue weighted by Gasteiger charge is -2.24. The number of ketones is 1. The molecule has 0 radical (unpaired) electrons. The Labute approximate surface area is 179 Å². The summed E-state index contributed by atoms with van der Waals surface area (Å²) >= 11 is 0. The summed E-state index contributed by atoms with van der Waals surface area (Å²) in [5, 5.41) is 10.3. The first-order chi connectivity index (χ1) is 14.9. The van der Waals surface area contributed by atoms with Crippen molar-refractivity contribution in [1.29, 1.82) is 0 Å². The summed E-state index contributed by atoms with van der Waals surface area (Å²) in [6.07, 6.45) is -0.0333. The monoisotopic (exact) mass is 418 g/mol. The van der Waals surface area contributed by atoms with E-state index in [0.717, 1.165) is 16.9 Å². The molecule has 8 nitrogen and oxygen atoms in total. The number of nitrogens with zero attached hydrogens (tertiary/aromatic N) is 2. The molecule has 0 aliphatic carbocycles. The minimum Gasteiger partial charge on any atom is -0.497 e. The molecule has 0 saturated heterocycles. The highest BCUT2D eigenvalue weighted by molar-refractivity contribution is 6.03. The topological polar surface area (TPSA) is 102 Å². The average molecular weight is 418 g/mol. The SMILES string of the molecule is COc1ccc(-c2nn3c(c2C)NC(=O)C[C@H]3C(=O)Nc2cccc(C(C)=O)c2)cc1. The Morgan fingerprint density at radius 3 is 2.61 bits per heavy atom. The molecule has 2 heterocycles. The third kappa shape index (κ3) is 3.92. The van der Waals surface area contributed by atoms with Crippen LogP contribution in [-0.4, -0.2) is 34.5 Å². The van der Waals surface area contributed by atoms with Crippen LogP contribution in [0.15, 0.2) is 48.5 Å². The molecule has 0 fully saturated rings. The zero-order valence-electron chi connectivity index (χ0n) is 17.4. The first kappa shape index (κ1) is 20.3. The van der Waals surface area contributed by atoms with E-state index >= 15 is 0 Å². The lowest BCUT2D eigenvalue weighted by molar-refractivity contribution is -0.125. The number of amides is 2. The fourth-order valence-electron chi connectivity index (χ4n) is 3.61. The van der Waals surface area contributed by atoms with Crippen molar-refractivity contribution in [2.24, 2.45) is 0 Å². The van der Waals surface area contributed by atoms with Crippen LogP contribution < -0.4 is 15.4 Å². The van der Waals surface area contributed by atoms with Gasteiger partial charge in [0.05, 0.1) is 19.2 Å². The maximum atomic E-state index is 13.0. The molecule has 1 aliphatic heterocycles. The van der Waals surface area contributed by atoms with E-state index in [9.17, 15) is 14.4 Å². The Hall–Kier alpha value is -3.94. The number of carbonyl (C=O) groups is 3. The fourth-order valence-corrected chi connectivity index (χ4v) is 3.61. The van der Waals surface area contributed by atoms with Gasteiger partial charge in [-0.1, -0.05) is 12.1 Å². The molecule has 2 N–H and O–H groups in total. The van der Waals surface area contributed by atoms with Gasteiger partial charge in [0.2, 0.25) is 11.8 Å². The summed E-state index contributed by atoms with van der Waals surface area (Å²) < 4.78 is 6.76.